The van der Waals surface area contributed by atoms with Gasteiger partial charge in [-0.05, 0) is 12.1 Å². The number of carbonyl (C=O) groups is 1. The first kappa shape index (κ1) is 12.3. The molecule has 5 N–H and O–H groups in total. The van der Waals surface area contributed by atoms with Crippen LogP contribution in [0.4, 0.5) is 5.95 Å². The molecule has 1 aromatic carbocycles. The molecule has 0 spiro atoms. The summed E-state index contributed by atoms with van der Waals surface area (Å²) in [6, 6.07) is 3.59. The smallest absolute Gasteiger partial charge is 0.326 e. The molecule has 0 atom stereocenters. The van der Waals surface area contributed by atoms with Crippen molar-refractivity contribution in [2.45, 2.75) is 13.0 Å². The van der Waals surface area contributed by atoms with E-state index in [9.17, 15) is 9.59 Å². The summed E-state index contributed by atoms with van der Waals surface area (Å²) in [6.45, 7) is 0.363. The Kier molecular flexibility index (Phi) is 2.53. The number of hydrogen-bond acceptors (Lipinski definition) is 4. The van der Waals surface area contributed by atoms with Crippen LogP contribution < -0.4 is 17.2 Å². The third kappa shape index (κ3) is 1.73. The predicted octanol–water partition coefficient (Wildman–Crippen LogP) is -0.326. The molecule has 0 aliphatic carbocycles. The molecular formula is C12H14N6O2. The van der Waals surface area contributed by atoms with Gasteiger partial charge in [-0.25, -0.2) is 9.78 Å². The summed E-state index contributed by atoms with van der Waals surface area (Å²) in [7, 11) is 1.68. The van der Waals surface area contributed by atoms with E-state index in [1.54, 1.807) is 17.7 Å². The van der Waals surface area contributed by atoms with Gasteiger partial charge in [0.1, 0.15) is 0 Å². The zero-order valence-corrected chi connectivity index (χ0v) is 10.9. The van der Waals surface area contributed by atoms with Gasteiger partial charge in [-0.2, -0.15) is 0 Å². The number of anilines is 1. The van der Waals surface area contributed by atoms with E-state index in [-0.39, 0.29) is 12.1 Å². The Balaban J connectivity index is 2.24. The van der Waals surface area contributed by atoms with E-state index in [1.165, 1.54) is 4.57 Å². The highest BCUT2D eigenvalue weighted by atomic mass is 16.1. The molecule has 3 rings (SSSR count). The molecule has 2 aromatic heterocycles. The molecule has 1 amide bonds. The van der Waals surface area contributed by atoms with Crippen LogP contribution in [0.5, 0.6) is 0 Å². The maximum absolute atomic E-state index is 11.6. The van der Waals surface area contributed by atoms with Gasteiger partial charge in [0.05, 0.1) is 22.1 Å². The van der Waals surface area contributed by atoms with Gasteiger partial charge in [0.2, 0.25) is 11.9 Å². The number of aryl methyl sites for hydroxylation is 2. The number of primary amides is 1. The van der Waals surface area contributed by atoms with Crippen LogP contribution in [-0.4, -0.2) is 25.0 Å². The standard InChI is InChI=1S/C12H14N6O2/c1-17-8-5-9-7(4-6(8)16-12(17)20)15-11(14)18(9)3-2-10(13)19/h4-5H,2-3H2,1H3,(H2,13,19)(H2,14,15)(H,16,20). The third-order valence-electron chi connectivity index (χ3n) is 3.38. The lowest BCUT2D eigenvalue weighted by Gasteiger charge is -2.04. The third-order valence-corrected chi connectivity index (χ3v) is 3.38. The van der Waals surface area contributed by atoms with E-state index >= 15 is 0 Å². The monoisotopic (exact) mass is 274 g/mol. The minimum absolute atomic E-state index is 0.180. The number of aromatic nitrogens is 4. The zero-order chi connectivity index (χ0) is 14.4. The number of fused-ring (bicyclic) bond motifs is 2. The SMILES string of the molecule is Cn1c(=O)[nH]c2cc3nc(N)n(CCC(N)=O)c3cc21. The second-order valence-electron chi connectivity index (χ2n) is 4.69. The Labute approximate surface area is 113 Å². The van der Waals surface area contributed by atoms with E-state index in [0.29, 0.717) is 23.5 Å². The summed E-state index contributed by atoms with van der Waals surface area (Å²) >= 11 is 0. The van der Waals surface area contributed by atoms with Gasteiger partial charge in [-0.1, -0.05) is 0 Å². The van der Waals surface area contributed by atoms with E-state index < -0.39 is 5.91 Å². The molecule has 0 fully saturated rings. The Morgan fingerprint density at radius 3 is 2.85 bits per heavy atom. The molecule has 8 nitrogen and oxygen atoms in total. The predicted molar refractivity (Wildman–Crippen MR) is 75.1 cm³/mol. The first-order chi connectivity index (χ1) is 9.47. The molecule has 0 saturated carbocycles. The van der Waals surface area contributed by atoms with Crippen LogP contribution in [0.3, 0.4) is 0 Å². The van der Waals surface area contributed by atoms with Crippen molar-refractivity contribution in [3.8, 4) is 0 Å². The van der Waals surface area contributed by atoms with Crippen LogP contribution in [0.2, 0.25) is 0 Å². The van der Waals surface area contributed by atoms with Crippen molar-refractivity contribution in [1.82, 2.24) is 19.1 Å². The number of rotatable bonds is 3. The molecule has 0 aliphatic heterocycles. The van der Waals surface area contributed by atoms with Gasteiger partial charge >= 0.3 is 5.69 Å². The second kappa shape index (κ2) is 4.12. The number of hydrogen-bond donors (Lipinski definition) is 3. The fourth-order valence-corrected chi connectivity index (χ4v) is 2.32. The first-order valence-electron chi connectivity index (χ1n) is 6.10. The maximum Gasteiger partial charge on any atom is 0.326 e. The highest BCUT2D eigenvalue weighted by Crippen LogP contribution is 2.23. The number of nitrogens with zero attached hydrogens (tertiary/aromatic N) is 3. The number of amides is 1. The van der Waals surface area contributed by atoms with E-state index in [0.717, 1.165) is 11.0 Å². The van der Waals surface area contributed by atoms with Gasteiger partial charge in [0.15, 0.2) is 0 Å². The van der Waals surface area contributed by atoms with Crippen molar-refractivity contribution in [3.05, 3.63) is 22.6 Å². The molecule has 8 heteroatoms. The molecule has 20 heavy (non-hydrogen) atoms. The van der Waals surface area contributed by atoms with Crippen molar-refractivity contribution < 1.29 is 4.79 Å². The number of nitrogen functional groups attached to an aromatic ring is 1. The molecule has 104 valence electrons. The molecule has 0 bridgehead atoms. The van der Waals surface area contributed by atoms with E-state index in [1.807, 2.05) is 6.07 Å². The minimum atomic E-state index is -0.402. The molecule has 0 saturated heterocycles. The van der Waals surface area contributed by atoms with Crippen molar-refractivity contribution in [3.63, 3.8) is 0 Å². The van der Waals surface area contributed by atoms with Crippen molar-refractivity contribution in [1.29, 1.82) is 0 Å². The summed E-state index contributed by atoms with van der Waals surface area (Å²) in [4.78, 5) is 29.5. The van der Waals surface area contributed by atoms with Gasteiger partial charge in [-0.3, -0.25) is 9.36 Å². The van der Waals surface area contributed by atoms with Gasteiger partial charge < -0.3 is 21.0 Å². The van der Waals surface area contributed by atoms with Crippen LogP contribution in [-0.2, 0) is 18.4 Å². The van der Waals surface area contributed by atoms with Crippen molar-refractivity contribution in [2.24, 2.45) is 12.8 Å². The Morgan fingerprint density at radius 2 is 2.15 bits per heavy atom. The number of nitrogens with two attached hydrogens (primary N) is 2. The minimum Gasteiger partial charge on any atom is -0.370 e. The maximum atomic E-state index is 11.6. The summed E-state index contributed by atoms with van der Waals surface area (Å²) in [5, 5.41) is 0. The van der Waals surface area contributed by atoms with E-state index in [2.05, 4.69) is 9.97 Å². The summed E-state index contributed by atoms with van der Waals surface area (Å²) in [5.74, 6) is -0.0831. The van der Waals surface area contributed by atoms with Crippen molar-refractivity contribution >= 4 is 33.9 Å². The number of aromatic amines is 1. The molecule has 2 heterocycles. The van der Waals surface area contributed by atoms with Crippen molar-refractivity contribution in [2.75, 3.05) is 5.73 Å². The highest BCUT2D eigenvalue weighted by molar-refractivity contribution is 5.92. The molecule has 3 aromatic rings. The summed E-state index contributed by atoms with van der Waals surface area (Å²) < 4.78 is 3.23. The van der Waals surface area contributed by atoms with Crippen LogP contribution >= 0.6 is 0 Å². The fraction of sp³-hybridized carbons (Fsp3) is 0.250. The fourth-order valence-electron chi connectivity index (χ4n) is 2.32. The average molecular weight is 274 g/mol. The Hall–Kier alpha value is -2.77. The number of benzene rings is 1. The first-order valence-corrected chi connectivity index (χ1v) is 6.10. The van der Waals surface area contributed by atoms with Crippen LogP contribution in [0.15, 0.2) is 16.9 Å². The van der Waals surface area contributed by atoms with Gasteiger partial charge in [0.25, 0.3) is 0 Å². The number of nitrogens with one attached hydrogen (secondary N) is 1. The van der Waals surface area contributed by atoms with Gasteiger partial charge in [-0.15, -0.1) is 0 Å². The zero-order valence-electron chi connectivity index (χ0n) is 10.9. The lowest BCUT2D eigenvalue weighted by molar-refractivity contribution is -0.118. The number of H-pyrrole nitrogens is 1. The number of imidazole rings is 2. The topological polar surface area (TPSA) is 125 Å². The summed E-state index contributed by atoms with van der Waals surface area (Å²) in [6.07, 6.45) is 0.180. The lowest BCUT2D eigenvalue weighted by Crippen LogP contribution is -2.15. The van der Waals surface area contributed by atoms with Crippen LogP contribution in [0, 0.1) is 0 Å². The summed E-state index contributed by atoms with van der Waals surface area (Å²) in [5.41, 5.74) is 13.7. The quantitative estimate of drug-likeness (QED) is 0.605. The number of carbonyl (C=O) groups excluding carboxylic acids is 1. The highest BCUT2D eigenvalue weighted by Gasteiger charge is 2.12. The Morgan fingerprint density at radius 1 is 1.40 bits per heavy atom. The van der Waals surface area contributed by atoms with E-state index in [4.69, 9.17) is 11.5 Å². The second-order valence-corrected chi connectivity index (χ2v) is 4.69. The van der Waals surface area contributed by atoms with Crippen LogP contribution in [0.1, 0.15) is 6.42 Å². The molecule has 0 radical (unpaired) electrons. The molecular weight excluding hydrogens is 260 g/mol. The lowest BCUT2D eigenvalue weighted by atomic mass is 10.2. The van der Waals surface area contributed by atoms with Crippen LogP contribution in [0.25, 0.3) is 22.1 Å². The largest absolute Gasteiger partial charge is 0.370 e. The normalized spacial score (nSPS) is 11.4. The Bertz CT molecular complexity index is 885. The molecule has 0 unspecified atom stereocenters. The van der Waals surface area contributed by atoms with Gasteiger partial charge in [0, 0.05) is 20.0 Å². The molecule has 0 aliphatic rings. The average Bonchev–Trinajstić information content (AvgIpc) is 2.82.